The van der Waals surface area contributed by atoms with E-state index in [-0.39, 0.29) is 41.6 Å². The molecule has 1 saturated carbocycles. The smallest absolute Gasteiger partial charge is 0.413 e. The third kappa shape index (κ3) is 8.57. The van der Waals surface area contributed by atoms with Gasteiger partial charge in [-0.15, -0.1) is 0 Å². The number of hydrogen-bond acceptors (Lipinski definition) is 7. The van der Waals surface area contributed by atoms with Gasteiger partial charge in [0.25, 0.3) is 5.91 Å². The van der Waals surface area contributed by atoms with Crippen molar-refractivity contribution in [2.24, 2.45) is 0 Å². The molecule has 0 saturated heterocycles. The molecule has 11 heteroatoms. The zero-order valence-corrected chi connectivity index (χ0v) is 28.9. The maximum absolute atomic E-state index is 14.2. The summed E-state index contributed by atoms with van der Waals surface area (Å²) in [5.41, 5.74) is 1.05. The third-order valence-electron chi connectivity index (χ3n) is 8.30. The number of alkyl carbamates (subject to hydrolysis) is 2. The average molecular weight is 665 g/mol. The number of carbonyl (C=O) groups excluding carboxylic acids is 3. The normalized spacial score (nSPS) is 16.4. The molecule has 1 heterocycles. The topological polar surface area (TPSA) is 158 Å². The fourth-order valence-corrected chi connectivity index (χ4v) is 6.21. The lowest BCUT2D eigenvalue weighted by atomic mass is 9.91. The van der Waals surface area contributed by atoms with Gasteiger partial charge in [0.2, 0.25) is 0 Å². The van der Waals surface area contributed by atoms with Crippen LogP contribution in [0.2, 0.25) is 0 Å². The van der Waals surface area contributed by atoms with Gasteiger partial charge in [0, 0.05) is 29.6 Å². The number of amides is 3. The van der Waals surface area contributed by atoms with Crippen molar-refractivity contribution in [1.82, 2.24) is 20.5 Å². The van der Waals surface area contributed by atoms with E-state index in [9.17, 15) is 19.6 Å². The Morgan fingerprint density at radius 1 is 0.837 bits per heavy atom. The second-order valence-electron chi connectivity index (χ2n) is 14.5. The van der Waals surface area contributed by atoms with Gasteiger partial charge in [-0.25, -0.2) is 9.59 Å². The molecule has 3 amide bonds. The molecule has 0 atom stereocenters. The van der Waals surface area contributed by atoms with Crippen LogP contribution in [0, 0.1) is 16.7 Å². The van der Waals surface area contributed by atoms with Gasteiger partial charge in [-0.2, -0.15) is 5.26 Å². The van der Waals surface area contributed by atoms with E-state index < -0.39 is 23.4 Å². The highest BCUT2D eigenvalue weighted by molar-refractivity contribution is 6.09. The van der Waals surface area contributed by atoms with Gasteiger partial charge in [-0.05, 0) is 89.6 Å². The van der Waals surface area contributed by atoms with Crippen molar-refractivity contribution >= 4 is 45.6 Å². The van der Waals surface area contributed by atoms with Gasteiger partial charge in [-0.3, -0.25) is 15.5 Å². The molecule has 1 aromatic heterocycles. The van der Waals surface area contributed by atoms with Crippen LogP contribution in [0.5, 0.6) is 0 Å². The van der Waals surface area contributed by atoms with Crippen molar-refractivity contribution in [1.29, 1.82) is 10.7 Å². The Morgan fingerprint density at radius 3 is 2.10 bits per heavy atom. The summed E-state index contributed by atoms with van der Waals surface area (Å²) in [5, 5.41) is 30.2. The van der Waals surface area contributed by atoms with Crippen molar-refractivity contribution in [2.45, 2.75) is 97.1 Å². The molecular weight excluding hydrogens is 620 g/mol. The Balaban J connectivity index is 1.46. The molecule has 4 N–H and O–H groups in total. The highest BCUT2D eigenvalue weighted by Crippen LogP contribution is 2.31. The summed E-state index contributed by atoms with van der Waals surface area (Å²) in [6.45, 7) is 11.0. The van der Waals surface area contributed by atoms with E-state index in [1.165, 1.54) is 0 Å². The summed E-state index contributed by atoms with van der Waals surface area (Å²) >= 11 is 0. The molecule has 0 bridgehead atoms. The molecule has 0 spiro atoms. The summed E-state index contributed by atoms with van der Waals surface area (Å²) in [6.07, 6.45) is 1.43. The summed E-state index contributed by atoms with van der Waals surface area (Å²) in [6, 6.07) is 21.1. The number of aromatic nitrogens is 1. The van der Waals surface area contributed by atoms with Crippen LogP contribution < -0.4 is 16.0 Å². The molecule has 1 aliphatic rings. The number of hydrogen-bond donors (Lipinski definition) is 4. The number of nitriles is 1. The van der Waals surface area contributed by atoms with Crippen LogP contribution in [0.3, 0.4) is 0 Å². The fourth-order valence-electron chi connectivity index (χ4n) is 6.21. The molecule has 1 aliphatic carbocycles. The van der Waals surface area contributed by atoms with E-state index in [0.717, 1.165) is 16.3 Å². The summed E-state index contributed by atoms with van der Waals surface area (Å²) < 4.78 is 12.6. The number of carbonyl (C=O) groups is 3. The first-order valence-electron chi connectivity index (χ1n) is 16.5. The quantitative estimate of drug-likeness (QED) is 0.127. The molecule has 0 unspecified atom stereocenters. The molecule has 0 aliphatic heterocycles. The maximum Gasteiger partial charge on any atom is 0.413 e. The summed E-state index contributed by atoms with van der Waals surface area (Å²) in [7, 11) is 0. The van der Waals surface area contributed by atoms with E-state index in [0.29, 0.717) is 42.1 Å². The van der Waals surface area contributed by atoms with Crippen LogP contribution in [0.25, 0.3) is 21.7 Å². The van der Waals surface area contributed by atoms with Gasteiger partial charge >= 0.3 is 12.2 Å². The molecule has 11 nitrogen and oxygen atoms in total. The first kappa shape index (κ1) is 35.0. The first-order valence-corrected chi connectivity index (χ1v) is 16.5. The minimum absolute atomic E-state index is 0.0569. The Hall–Kier alpha value is -5.37. The van der Waals surface area contributed by atoms with Crippen molar-refractivity contribution in [3.05, 3.63) is 83.0 Å². The molecule has 5 rings (SSSR count). The first-order chi connectivity index (χ1) is 23.1. The van der Waals surface area contributed by atoms with E-state index in [1.54, 1.807) is 39.0 Å². The fraction of sp³-hybridized carbons (Fsp3) is 0.395. The number of fused-ring (bicyclic) bond motifs is 2. The number of nitrogens with zero attached hydrogens (tertiary/aromatic N) is 2. The van der Waals surface area contributed by atoms with Gasteiger partial charge in [0.05, 0.1) is 11.1 Å². The summed E-state index contributed by atoms with van der Waals surface area (Å²) in [5.74, 6) is -0.546. The molecule has 1 fully saturated rings. The maximum atomic E-state index is 14.2. The second-order valence-corrected chi connectivity index (χ2v) is 14.5. The van der Waals surface area contributed by atoms with Crippen LogP contribution in [0.15, 0.2) is 60.7 Å². The van der Waals surface area contributed by atoms with E-state index >= 15 is 0 Å². The largest absolute Gasteiger partial charge is 0.444 e. The Labute approximate surface area is 286 Å². The second kappa shape index (κ2) is 14.0. The van der Waals surface area contributed by atoms with E-state index in [4.69, 9.17) is 14.9 Å². The molecule has 0 radical (unpaired) electrons. The number of rotatable bonds is 6. The van der Waals surface area contributed by atoms with E-state index in [2.05, 4.69) is 22.0 Å². The Morgan fingerprint density at radius 2 is 1.45 bits per heavy atom. The van der Waals surface area contributed by atoms with Crippen molar-refractivity contribution in [3.8, 4) is 6.07 Å². The lowest BCUT2D eigenvalue weighted by Crippen LogP contribution is -2.45. The SMILES string of the molecule is CC(C)(C)OC(=O)NC(=N)c1ccc2c(C#N)c(C(=O)N[C@H]3CC[C@H](NC(=O)OC(C)(C)C)CC3)n(Cc3cccc4ccccc34)c2c1. The minimum atomic E-state index is -0.752. The molecule has 3 aromatic carbocycles. The summed E-state index contributed by atoms with van der Waals surface area (Å²) in [4.78, 5) is 38.9. The third-order valence-corrected chi connectivity index (χ3v) is 8.30. The van der Waals surface area contributed by atoms with Crippen LogP contribution in [0.1, 0.15) is 94.4 Å². The van der Waals surface area contributed by atoms with Gasteiger partial charge in [0.15, 0.2) is 0 Å². The zero-order valence-electron chi connectivity index (χ0n) is 28.9. The highest BCUT2D eigenvalue weighted by Gasteiger charge is 2.29. The zero-order chi connectivity index (χ0) is 35.5. The standard InChI is InChI=1S/C38H44N6O5/c1-37(2,3)48-35(46)42-27-17-15-26(16-18-27)41-34(45)32-30(21-39)29-19-14-24(33(40)43-36(47)49-38(4,5)6)20-31(29)44(32)22-25-12-9-11-23-10-7-8-13-28(23)25/h7-14,19-20,26-27H,15-18,22H2,1-6H3,(H,41,45)(H,42,46)(H2,40,43,47)/t26-,27-. The Kier molecular flexibility index (Phi) is 9.99. The number of nitrogens with one attached hydrogen (secondary N) is 4. The Bertz CT molecular complexity index is 1950. The number of amidine groups is 1. The van der Waals surface area contributed by atoms with Crippen molar-refractivity contribution in [2.75, 3.05) is 0 Å². The van der Waals surface area contributed by atoms with Crippen LogP contribution in [-0.4, -0.2) is 51.8 Å². The van der Waals surface area contributed by atoms with Gasteiger partial charge < -0.3 is 24.7 Å². The molecule has 49 heavy (non-hydrogen) atoms. The average Bonchev–Trinajstić information content (AvgIpc) is 3.32. The predicted octanol–water partition coefficient (Wildman–Crippen LogP) is 7.13. The molecule has 256 valence electrons. The number of ether oxygens (including phenoxy) is 2. The monoisotopic (exact) mass is 664 g/mol. The van der Waals surface area contributed by atoms with Crippen LogP contribution >= 0.6 is 0 Å². The van der Waals surface area contributed by atoms with Crippen LogP contribution in [-0.2, 0) is 16.0 Å². The van der Waals surface area contributed by atoms with Crippen molar-refractivity contribution in [3.63, 3.8) is 0 Å². The molecular formula is C38H44N6O5. The van der Waals surface area contributed by atoms with E-state index in [1.807, 2.05) is 67.8 Å². The highest BCUT2D eigenvalue weighted by atomic mass is 16.6. The van der Waals surface area contributed by atoms with Gasteiger partial charge in [-0.1, -0.05) is 54.6 Å². The lowest BCUT2D eigenvalue weighted by Gasteiger charge is -2.30. The minimum Gasteiger partial charge on any atom is -0.444 e. The van der Waals surface area contributed by atoms with Crippen LogP contribution in [0.4, 0.5) is 9.59 Å². The number of benzene rings is 3. The molecule has 4 aromatic rings. The van der Waals surface area contributed by atoms with Crippen molar-refractivity contribution < 1.29 is 23.9 Å². The lowest BCUT2D eigenvalue weighted by molar-refractivity contribution is 0.0486. The predicted molar refractivity (Wildman–Crippen MR) is 189 cm³/mol. The van der Waals surface area contributed by atoms with Gasteiger partial charge in [0.1, 0.15) is 28.8 Å².